The first-order chi connectivity index (χ1) is 8.13. The number of rotatable bonds is 3. The van der Waals surface area contributed by atoms with Gasteiger partial charge in [0.05, 0.1) is 6.33 Å². The van der Waals surface area contributed by atoms with Crippen LogP contribution in [0.15, 0.2) is 12.7 Å². The lowest BCUT2D eigenvalue weighted by atomic mass is 10.2. The van der Waals surface area contributed by atoms with Gasteiger partial charge in [-0.05, 0) is 6.92 Å². The van der Waals surface area contributed by atoms with Crippen LogP contribution >= 0.6 is 0 Å². The van der Waals surface area contributed by atoms with Crippen molar-refractivity contribution < 1.29 is 4.79 Å². The second kappa shape index (κ2) is 4.48. The molecule has 1 N–H and O–H groups in total. The van der Waals surface area contributed by atoms with Gasteiger partial charge in [-0.3, -0.25) is 4.79 Å². The first kappa shape index (κ1) is 11.5. The molecule has 6 heteroatoms. The number of amides is 1. The van der Waals surface area contributed by atoms with Gasteiger partial charge in [-0.1, -0.05) is 13.8 Å². The molecule has 2 heterocycles. The summed E-state index contributed by atoms with van der Waals surface area (Å²) in [7, 11) is 0. The highest BCUT2D eigenvalue weighted by Gasteiger charge is 2.13. The van der Waals surface area contributed by atoms with Gasteiger partial charge in [-0.2, -0.15) is 0 Å². The van der Waals surface area contributed by atoms with E-state index in [0.717, 1.165) is 12.2 Å². The molecule has 2 rings (SSSR count). The maximum Gasteiger partial charge on any atom is 0.228 e. The van der Waals surface area contributed by atoms with Gasteiger partial charge < -0.3 is 9.88 Å². The molecule has 0 saturated heterocycles. The average molecular weight is 233 g/mol. The third-order valence-electron chi connectivity index (χ3n) is 2.51. The minimum absolute atomic E-state index is 0.0731. The van der Waals surface area contributed by atoms with E-state index in [1.807, 2.05) is 25.3 Å². The second-order valence-electron chi connectivity index (χ2n) is 4.07. The lowest BCUT2D eigenvalue weighted by molar-refractivity contribution is -0.118. The molecule has 0 radical (unpaired) electrons. The number of hydrogen-bond donors (Lipinski definition) is 1. The van der Waals surface area contributed by atoms with Crippen LogP contribution in [0.5, 0.6) is 0 Å². The molecular weight excluding hydrogens is 218 g/mol. The molecule has 0 aromatic carbocycles. The zero-order chi connectivity index (χ0) is 12.4. The normalized spacial score (nSPS) is 11.1. The van der Waals surface area contributed by atoms with E-state index in [9.17, 15) is 4.79 Å². The van der Waals surface area contributed by atoms with Crippen LogP contribution in [-0.2, 0) is 11.3 Å². The van der Waals surface area contributed by atoms with Crippen LogP contribution in [0, 0.1) is 5.92 Å². The summed E-state index contributed by atoms with van der Waals surface area (Å²) in [6.45, 7) is 6.46. The van der Waals surface area contributed by atoms with Crippen LogP contribution in [0.3, 0.4) is 0 Å². The maximum absolute atomic E-state index is 11.6. The highest BCUT2D eigenvalue weighted by molar-refractivity contribution is 5.97. The monoisotopic (exact) mass is 233 g/mol. The lowest BCUT2D eigenvalue weighted by Gasteiger charge is -2.06. The number of hydrogen-bond acceptors (Lipinski definition) is 4. The van der Waals surface area contributed by atoms with Crippen LogP contribution in [0.25, 0.3) is 11.2 Å². The Kier molecular flexibility index (Phi) is 3.03. The fourth-order valence-corrected chi connectivity index (χ4v) is 1.46. The van der Waals surface area contributed by atoms with Crippen molar-refractivity contribution in [2.45, 2.75) is 27.3 Å². The van der Waals surface area contributed by atoms with Gasteiger partial charge in [0.1, 0.15) is 6.33 Å². The summed E-state index contributed by atoms with van der Waals surface area (Å²) < 4.78 is 1.90. The molecule has 0 atom stereocenters. The van der Waals surface area contributed by atoms with Gasteiger partial charge in [0, 0.05) is 12.5 Å². The van der Waals surface area contributed by atoms with Crippen LogP contribution in [0.4, 0.5) is 5.82 Å². The number of anilines is 1. The predicted octanol–water partition coefficient (Wildman–Crippen LogP) is 1.44. The number of fused-ring (bicyclic) bond motifs is 1. The second-order valence-corrected chi connectivity index (χ2v) is 4.07. The number of nitrogens with zero attached hydrogens (tertiary/aromatic N) is 4. The third kappa shape index (κ3) is 2.11. The summed E-state index contributed by atoms with van der Waals surface area (Å²) in [5, 5.41) is 2.76. The van der Waals surface area contributed by atoms with Crippen molar-refractivity contribution in [3.63, 3.8) is 0 Å². The van der Waals surface area contributed by atoms with Gasteiger partial charge >= 0.3 is 0 Å². The van der Waals surface area contributed by atoms with E-state index in [-0.39, 0.29) is 11.8 Å². The van der Waals surface area contributed by atoms with Crippen LogP contribution < -0.4 is 5.32 Å². The molecule has 2 aromatic heterocycles. The van der Waals surface area contributed by atoms with Crippen molar-refractivity contribution >= 4 is 22.9 Å². The van der Waals surface area contributed by atoms with E-state index in [0.29, 0.717) is 11.3 Å². The molecule has 0 bridgehead atoms. The van der Waals surface area contributed by atoms with Gasteiger partial charge in [-0.15, -0.1) is 0 Å². The number of aryl methyl sites for hydroxylation is 1. The Morgan fingerprint density at radius 2 is 2.18 bits per heavy atom. The fraction of sp³-hybridized carbons (Fsp3) is 0.455. The Hall–Kier alpha value is -1.98. The minimum Gasteiger partial charge on any atom is -0.315 e. The van der Waals surface area contributed by atoms with E-state index in [4.69, 9.17) is 0 Å². The Labute approximate surface area is 99.1 Å². The van der Waals surface area contributed by atoms with Gasteiger partial charge in [0.2, 0.25) is 5.91 Å². The molecule has 0 saturated carbocycles. The van der Waals surface area contributed by atoms with Gasteiger partial charge in [-0.25, -0.2) is 15.0 Å². The number of nitrogens with one attached hydrogen (secondary N) is 1. The van der Waals surface area contributed by atoms with E-state index < -0.39 is 0 Å². The van der Waals surface area contributed by atoms with Gasteiger partial charge in [0.25, 0.3) is 0 Å². The van der Waals surface area contributed by atoms with E-state index in [1.165, 1.54) is 6.33 Å². The van der Waals surface area contributed by atoms with E-state index >= 15 is 0 Å². The SMILES string of the molecule is CCn1cnc2c(NC(=O)C(C)C)ncnc21. The summed E-state index contributed by atoms with van der Waals surface area (Å²) in [6.07, 6.45) is 3.14. The molecule has 0 unspecified atom stereocenters. The summed E-state index contributed by atoms with van der Waals surface area (Å²) >= 11 is 0. The van der Waals surface area contributed by atoms with Crippen molar-refractivity contribution in [3.05, 3.63) is 12.7 Å². The molecule has 1 amide bonds. The van der Waals surface area contributed by atoms with Crippen LogP contribution in [0.1, 0.15) is 20.8 Å². The average Bonchev–Trinajstić information content (AvgIpc) is 2.72. The Bertz CT molecular complexity index is 546. The van der Waals surface area contributed by atoms with E-state index in [1.54, 1.807) is 6.33 Å². The zero-order valence-corrected chi connectivity index (χ0v) is 10.1. The number of carbonyl (C=O) groups excluding carboxylic acids is 1. The quantitative estimate of drug-likeness (QED) is 0.870. The number of aromatic nitrogens is 4. The predicted molar refractivity (Wildman–Crippen MR) is 64.5 cm³/mol. The van der Waals surface area contributed by atoms with Crippen molar-refractivity contribution in [2.24, 2.45) is 5.92 Å². The molecule has 90 valence electrons. The summed E-state index contributed by atoms with van der Waals surface area (Å²) in [6, 6.07) is 0. The third-order valence-corrected chi connectivity index (χ3v) is 2.51. The first-order valence-electron chi connectivity index (χ1n) is 5.60. The van der Waals surface area contributed by atoms with Crippen molar-refractivity contribution in [3.8, 4) is 0 Å². The van der Waals surface area contributed by atoms with Crippen LogP contribution in [0.2, 0.25) is 0 Å². The largest absolute Gasteiger partial charge is 0.315 e. The highest BCUT2D eigenvalue weighted by Crippen LogP contribution is 2.17. The van der Waals surface area contributed by atoms with Gasteiger partial charge in [0.15, 0.2) is 17.0 Å². The molecule has 0 aliphatic heterocycles. The number of carbonyl (C=O) groups is 1. The molecule has 0 aliphatic rings. The van der Waals surface area contributed by atoms with Crippen LogP contribution in [-0.4, -0.2) is 25.4 Å². The Balaban J connectivity index is 2.41. The number of imidazole rings is 1. The maximum atomic E-state index is 11.6. The molecule has 6 nitrogen and oxygen atoms in total. The highest BCUT2D eigenvalue weighted by atomic mass is 16.1. The Morgan fingerprint density at radius 1 is 1.41 bits per heavy atom. The zero-order valence-electron chi connectivity index (χ0n) is 10.1. The molecular formula is C11H15N5O. The molecule has 0 aliphatic carbocycles. The van der Waals surface area contributed by atoms with Crippen molar-refractivity contribution in [1.29, 1.82) is 0 Å². The standard InChI is InChI=1S/C11H15N5O/c1-4-16-6-14-8-9(12-5-13-10(8)16)15-11(17)7(2)3/h5-7H,4H2,1-3H3,(H,12,13,15,17). The lowest BCUT2D eigenvalue weighted by Crippen LogP contribution is -2.18. The van der Waals surface area contributed by atoms with Crippen molar-refractivity contribution in [1.82, 2.24) is 19.5 Å². The first-order valence-corrected chi connectivity index (χ1v) is 5.60. The molecule has 17 heavy (non-hydrogen) atoms. The topological polar surface area (TPSA) is 72.7 Å². The molecule has 0 spiro atoms. The van der Waals surface area contributed by atoms with E-state index in [2.05, 4.69) is 20.3 Å². The fourth-order valence-electron chi connectivity index (χ4n) is 1.46. The summed E-state index contributed by atoms with van der Waals surface area (Å²) in [4.78, 5) is 24.1. The smallest absolute Gasteiger partial charge is 0.228 e. The Morgan fingerprint density at radius 3 is 2.82 bits per heavy atom. The summed E-state index contributed by atoms with van der Waals surface area (Å²) in [5.41, 5.74) is 1.37. The minimum atomic E-state index is -0.0896. The molecule has 2 aromatic rings. The van der Waals surface area contributed by atoms with Crippen molar-refractivity contribution in [2.75, 3.05) is 5.32 Å². The summed E-state index contributed by atoms with van der Waals surface area (Å²) in [5.74, 6) is 0.310. The molecule has 0 fully saturated rings.